The Labute approximate surface area is 185 Å². The van der Waals surface area contributed by atoms with E-state index in [4.69, 9.17) is 9.72 Å². The number of aromatic nitrogens is 2. The maximum atomic E-state index is 13.7. The zero-order valence-electron chi connectivity index (χ0n) is 17.8. The van der Waals surface area contributed by atoms with E-state index < -0.39 is 0 Å². The molecule has 31 heavy (non-hydrogen) atoms. The lowest BCUT2D eigenvalue weighted by Gasteiger charge is -2.13. The van der Waals surface area contributed by atoms with Crippen molar-refractivity contribution in [2.24, 2.45) is 0 Å². The van der Waals surface area contributed by atoms with Crippen LogP contribution in [-0.4, -0.2) is 22.6 Å². The number of carbonyl (C=O) groups excluding carboxylic acids is 1. The number of carbonyl (C=O) groups is 1. The highest BCUT2D eigenvalue weighted by molar-refractivity contribution is 7.17. The molecule has 0 saturated carbocycles. The van der Waals surface area contributed by atoms with Crippen LogP contribution in [0.4, 0.5) is 0 Å². The minimum absolute atomic E-state index is 0.0812. The SMILES string of the molecule is COC(=O)CCCn1c(-c2ccc(C)cc2)nc2scc(-c3ccc(C)cc3)c2c1=O. The lowest BCUT2D eigenvalue weighted by Crippen LogP contribution is -2.24. The second-order valence-electron chi connectivity index (χ2n) is 7.63. The molecule has 5 nitrogen and oxygen atoms in total. The van der Waals surface area contributed by atoms with E-state index in [-0.39, 0.29) is 17.9 Å². The number of thiophene rings is 1. The number of hydrogen-bond donors (Lipinski definition) is 0. The number of benzene rings is 2. The minimum atomic E-state index is -0.283. The highest BCUT2D eigenvalue weighted by atomic mass is 32.1. The van der Waals surface area contributed by atoms with Crippen LogP contribution in [0.3, 0.4) is 0 Å². The van der Waals surface area contributed by atoms with Gasteiger partial charge >= 0.3 is 5.97 Å². The van der Waals surface area contributed by atoms with Crippen LogP contribution in [0.5, 0.6) is 0 Å². The normalized spacial score (nSPS) is 11.1. The summed E-state index contributed by atoms with van der Waals surface area (Å²) in [5.74, 6) is 0.342. The second-order valence-corrected chi connectivity index (χ2v) is 8.49. The predicted octanol–water partition coefficient (Wildman–Crippen LogP) is 5.36. The maximum Gasteiger partial charge on any atom is 0.305 e. The molecule has 0 amide bonds. The number of hydrogen-bond acceptors (Lipinski definition) is 5. The number of fused-ring (bicyclic) bond motifs is 1. The van der Waals surface area contributed by atoms with Crippen LogP contribution in [0.2, 0.25) is 0 Å². The van der Waals surface area contributed by atoms with Crippen molar-refractivity contribution in [1.82, 2.24) is 9.55 Å². The van der Waals surface area contributed by atoms with Crippen molar-refractivity contribution in [2.45, 2.75) is 33.2 Å². The van der Waals surface area contributed by atoms with Gasteiger partial charge in [0.05, 0.1) is 12.5 Å². The van der Waals surface area contributed by atoms with Crippen molar-refractivity contribution >= 4 is 27.5 Å². The highest BCUT2D eigenvalue weighted by Gasteiger charge is 2.18. The molecule has 2 aromatic heterocycles. The fourth-order valence-electron chi connectivity index (χ4n) is 3.58. The maximum absolute atomic E-state index is 13.7. The molecular formula is C25H24N2O3S. The Bertz CT molecular complexity index is 1290. The van der Waals surface area contributed by atoms with Crippen LogP contribution in [0, 0.1) is 13.8 Å². The average molecular weight is 433 g/mol. The highest BCUT2D eigenvalue weighted by Crippen LogP contribution is 2.32. The molecule has 0 unspecified atom stereocenters. The third-order valence-corrected chi connectivity index (χ3v) is 6.23. The summed E-state index contributed by atoms with van der Waals surface area (Å²) in [6.07, 6.45) is 0.755. The monoisotopic (exact) mass is 432 g/mol. The van der Waals surface area contributed by atoms with Crippen LogP contribution in [0.1, 0.15) is 24.0 Å². The summed E-state index contributed by atoms with van der Waals surface area (Å²) < 4.78 is 6.45. The van der Waals surface area contributed by atoms with Gasteiger partial charge in [0.25, 0.3) is 5.56 Å². The predicted molar refractivity (Wildman–Crippen MR) is 125 cm³/mol. The van der Waals surface area contributed by atoms with E-state index in [1.54, 1.807) is 4.57 Å². The molecule has 0 aliphatic heterocycles. The number of esters is 1. The number of aryl methyl sites for hydroxylation is 2. The summed E-state index contributed by atoms with van der Waals surface area (Å²) in [4.78, 5) is 30.9. The fourth-order valence-corrected chi connectivity index (χ4v) is 4.52. The quantitative estimate of drug-likeness (QED) is 0.385. The zero-order valence-corrected chi connectivity index (χ0v) is 18.7. The van der Waals surface area contributed by atoms with E-state index in [9.17, 15) is 9.59 Å². The lowest BCUT2D eigenvalue weighted by molar-refractivity contribution is -0.140. The first kappa shape index (κ1) is 21.0. The van der Waals surface area contributed by atoms with Crippen molar-refractivity contribution in [1.29, 1.82) is 0 Å². The van der Waals surface area contributed by atoms with Crippen LogP contribution >= 0.6 is 11.3 Å². The molecule has 0 fully saturated rings. The van der Waals surface area contributed by atoms with Crippen LogP contribution < -0.4 is 5.56 Å². The van der Waals surface area contributed by atoms with Crippen LogP contribution in [0.15, 0.2) is 58.7 Å². The van der Waals surface area contributed by atoms with Crippen molar-refractivity contribution in [3.63, 3.8) is 0 Å². The molecule has 0 bridgehead atoms. The molecule has 2 aromatic carbocycles. The molecule has 158 valence electrons. The molecule has 0 saturated heterocycles. The summed E-state index contributed by atoms with van der Waals surface area (Å²) in [5, 5.41) is 2.63. The number of nitrogens with zero attached hydrogens (tertiary/aromatic N) is 2. The van der Waals surface area contributed by atoms with E-state index in [1.807, 2.05) is 67.8 Å². The van der Waals surface area contributed by atoms with E-state index in [2.05, 4.69) is 0 Å². The summed E-state index contributed by atoms with van der Waals surface area (Å²) in [6, 6.07) is 16.1. The Morgan fingerprint density at radius 3 is 2.23 bits per heavy atom. The van der Waals surface area contributed by atoms with Gasteiger partial charge in [-0.1, -0.05) is 59.7 Å². The summed E-state index contributed by atoms with van der Waals surface area (Å²) in [7, 11) is 1.37. The first-order valence-electron chi connectivity index (χ1n) is 10.2. The molecule has 2 heterocycles. The van der Waals surface area contributed by atoms with Gasteiger partial charge in [-0.15, -0.1) is 11.3 Å². The Morgan fingerprint density at radius 2 is 1.61 bits per heavy atom. The Morgan fingerprint density at radius 1 is 1.00 bits per heavy atom. The minimum Gasteiger partial charge on any atom is -0.469 e. The standard InChI is InChI=1S/C25H24N2O3S/c1-16-6-10-18(11-7-16)20-15-31-24-22(20)25(29)27(14-4-5-21(28)30-3)23(26-24)19-12-8-17(2)9-13-19/h6-13,15H,4-5,14H2,1-3H3. The van der Waals surface area contributed by atoms with Gasteiger partial charge in [-0.3, -0.25) is 14.2 Å². The van der Waals surface area contributed by atoms with Gasteiger partial charge in [-0.25, -0.2) is 4.98 Å². The van der Waals surface area contributed by atoms with E-state index in [0.717, 1.165) is 27.1 Å². The van der Waals surface area contributed by atoms with Crippen LogP contribution in [-0.2, 0) is 16.1 Å². The molecule has 0 N–H and O–H groups in total. The van der Waals surface area contributed by atoms with Crippen molar-refractivity contribution in [3.8, 4) is 22.5 Å². The van der Waals surface area contributed by atoms with Crippen LogP contribution in [0.25, 0.3) is 32.7 Å². The van der Waals surface area contributed by atoms with Gasteiger partial charge in [0.1, 0.15) is 10.7 Å². The molecule has 0 aliphatic rings. The number of rotatable bonds is 6. The van der Waals surface area contributed by atoms with Crippen molar-refractivity contribution in [3.05, 3.63) is 75.4 Å². The van der Waals surface area contributed by atoms with E-state index in [0.29, 0.717) is 24.2 Å². The molecule has 0 atom stereocenters. The van der Waals surface area contributed by atoms with E-state index in [1.165, 1.54) is 24.0 Å². The molecule has 0 aliphatic carbocycles. The Balaban J connectivity index is 1.87. The van der Waals surface area contributed by atoms with E-state index >= 15 is 0 Å². The number of ether oxygens (including phenoxy) is 1. The largest absolute Gasteiger partial charge is 0.469 e. The van der Waals surface area contributed by atoms with Gasteiger partial charge in [-0.2, -0.15) is 0 Å². The molecule has 6 heteroatoms. The molecular weight excluding hydrogens is 408 g/mol. The first-order chi connectivity index (χ1) is 15.0. The first-order valence-corrected chi connectivity index (χ1v) is 11.1. The molecule has 0 spiro atoms. The summed E-state index contributed by atoms with van der Waals surface area (Å²) >= 11 is 1.48. The Kier molecular flexibility index (Phi) is 6.00. The van der Waals surface area contributed by atoms with Gasteiger partial charge < -0.3 is 4.74 Å². The lowest BCUT2D eigenvalue weighted by atomic mass is 10.0. The third kappa shape index (κ3) is 4.30. The average Bonchev–Trinajstić information content (AvgIpc) is 3.20. The van der Waals surface area contributed by atoms with Gasteiger partial charge in [0, 0.05) is 29.5 Å². The second kappa shape index (κ2) is 8.86. The van der Waals surface area contributed by atoms with Gasteiger partial charge in [-0.05, 0) is 25.8 Å². The molecule has 0 radical (unpaired) electrons. The van der Waals surface area contributed by atoms with Crippen molar-refractivity contribution < 1.29 is 9.53 Å². The molecule has 4 aromatic rings. The van der Waals surface area contributed by atoms with Gasteiger partial charge in [0.15, 0.2) is 0 Å². The summed E-state index contributed by atoms with van der Waals surface area (Å²) in [5.41, 5.74) is 5.01. The Hall–Kier alpha value is -3.25. The van der Waals surface area contributed by atoms with Gasteiger partial charge in [0.2, 0.25) is 0 Å². The topological polar surface area (TPSA) is 61.2 Å². The summed E-state index contributed by atoms with van der Waals surface area (Å²) in [6.45, 7) is 4.46. The molecule has 4 rings (SSSR count). The smallest absolute Gasteiger partial charge is 0.305 e. The number of methoxy groups -OCH3 is 1. The zero-order chi connectivity index (χ0) is 22.0. The van der Waals surface area contributed by atoms with Crippen molar-refractivity contribution in [2.75, 3.05) is 7.11 Å². The third-order valence-electron chi connectivity index (χ3n) is 5.36. The fraction of sp³-hybridized carbons (Fsp3) is 0.240.